The molecule has 8 nitrogen and oxygen atoms in total. The van der Waals surface area contributed by atoms with E-state index >= 15 is 0 Å². The third-order valence-corrected chi connectivity index (χ3v) is 3.71. The molecule has 0 bridgehead atoms. The van der Waals surface area contributed by atoms with Crippen molar-refractivity contribution in [2.75, 3.05) is 49.2 Å². The SMILES string of the molecule is CN1CCN(c2ccc(NC(=O)c3nc(N)n[nH]3)cc2)CC1. The molecule has 1 saturated heterocycles. The van der Waals surface area contributed by atoms with E-state index < -0.39 is 0 Å². The summed E-state index contributed by atoms with van der Waals surface area (Å²) < 4.78 is 0. The molecule has 1 aromatic heterocycles. The van der Waals surface area contributed by atoms with E-state index in [0.717, 1.165) is 31.9 Å². The number of aromatic nitrogens is 3. The number of likely N-dealkylation sites (N-methyl/N-ethyl adjacent to an activating group) is 1. The lowest BCUT2D eigenvalue weighted by Crippen LogP contribution is -2.44. The number of nitrogens with two attached hydrogens (primary N) is 1. The Morgan fingerprint density at radius 2 is 1.91 bits per heavy atom. The van der Waals surface area contributed by atoms with Crippen molar-refractivity contribution in [2.45, 2.75) is 0 Å². The van der Waals surface area contributed by atoms with E-state index in [2.05, 4.69) is 37.3 Å². The van der Waals surface area contributed by atoms with Gasteiger partial charge in [0.05, 0.1) is 0 Å². The van der Waals surface area contributed by atoms with E-state index in [-0.39, 0.29) is 17.7 Å². The van der Waals surface area contributed by atoms with Crippen LogP contribution >= 0.6 is 0 Å². The highest BCUT2D eigenvalue weighted by Gasteiger charge is 2.15. The number of carbonyl (C=O) groups is 1. The first-order valence-corrected chi connectivity index (χ1v) is 7.14. The molecule has 0 aliphatic carbocycles. The first-order chi connectivity index (χ1) is 10.6. The molecule has 4 N–H and O–H groups in total. The lowest BCUT2D eigenvalue weighted by Gasteiger charge is -2.34. The fourth-order valence-corrected chi connectivity index (χ4v) is 2.39. The van der Waals surface area contributed by atoms with Crippen molar-refractivity contribution in [3.8, 4) is 0 Å². The zero-order chi connectivity index (χ0) is 15.5. The molecule has 1 fully saturated rings. The molecule has 0 unspecified atom stereocenters. The van der Waals surface area contributed by atoms with Crippen LogP contribution in [-0.2, 0) is 0 Å². The Morgan fingerprint density at radius 3 is 2.50 bits per heavy atom. The summed E-state index contributed by atoms with van der Waals surface area (Å²) in [6.45, 7) is 4.15. The van der Waals surface area contributed by atoms with Gasteiger partial charge in [-0.25, -0.2) is 0 Å². The number of anilines is 3. The van der Waals surface area contributed by atoms with Gasteiger partial charge in [-0.15, -0.1) is 5.10 Å². The molecule has 8 heteroatoms. The molecule has 22 heavy (non-hydrogen) atoms. The molecule has 1 amide bonds. The second kappa shape index (κ2) is 6.02. The van der Waals surface area contributed by atoms with Gasteiger partial charge in [0.1, 0.15) is 0 Å². The Labute approximate surface area is 128 Å². The summed E-state index contributed by atoms with van der Waals surface area (Å²) in [5, 5.41) is 8.87. The Balaban J connectivity index is 1.63. The second-order valence-corrected chi connectivity index (χ2v) is 5.33. The van der Waals surface area contributed by atoms with Crippen molar-refractivity contribution in [3.05, 3.63) is 30.1 Å². The Bertz CT molecular complexity index is 643. The van der Waals surface area contributed by atoms with Crippen molar-refractivity contribution in [1.82, 2.24) is 20.1 Å². The number of H-pyrrole nitrogens is 1. The molecule has 1 aromatic carbocycles. The number of rotatable bonds is 3. The monoisotopic (exact) mass is 301 g/mol. The lowest BCUT2D eigenvalue weighted by atomic mass is 10.2. The van der Waals surface area contributed by atoms with Crippen LogP contribution in [0.2, 0.25) is 0 Å². The number of hydrogen-bond acceptors (Lipinski definition) is 6. The van der Waals surface area contributed by atoms with E-state index in [0.29, 0.717) is 5.69 Å². The molecule has 1 aliphatic heterocycles. The normalized spacial score (nSPS) is 15.8. The van der Waals surface area contributed by atoms with Crippen molar-refractivity contribution in [3.63, 3.8) is 0 Å². The smallest absolute Gasteiger partial charge is 0.293 e. The molecule has 0 saturated carbocycles. The van der Waals surface area contributed by atoms with Crippen LogP contribution in [0.4, 0.5) is 17.3 Å². The summed E-state index contributed by atoms with van der Waals surface area (Å²) >= 11 is 0. The van der Waals surface area contributed by atoms with Gasteiger partial charge in [-0.1, -0.05) is 0 Å². The van der Waals surface area contributed by atoms with Gasteiger partial charge < -0.3 is 20.9 Å². The van der Waals surface area contributed by atoms with E-state index in [1.54, 1.807) is 0 Å². The maximum atomic E-state index is 11.9. The number of piperazine rings is 1. The lowest BCUT2D eigenvalue weighted by molar-refractivity contribution is 0.101. The minimum absolute atomic E-state index is 0.0514. The zero-order valence-corrected chi connectivity index (χ0v) is 12.4. The second-order valence-electron chi connectivity index (χ2n) is 5.33. The molecule has 3 rings (SSSR count). The molecule has 0 spiro atoms. The average molecular weight is 301 g/mol. The highest BCUT2D eigenvalue weighted by atomic mass is 16.2. The largest absolute Gasteiger partial charge is 0.369 e. The molecule has 2 aromatic rings. The van der Waals surface area contributed by atoms with Gasteiger partial charge in [0.25, 0.3) is 5.91 Å². The fourth-order valence-electron chi connectivity index (χ4n) is 2.39. The number of nitrogen functional groups attached to an aromatic ring is 1. The van der Waals surface area contributed by atoms with Crippen LogP contribution < -0.4 is 16.0 Å². The minimum atomic E-state index is -0.364. The topological polar surface area (TPSA) is 103 Å². The summed E-state index contributed by atoms with van der Waals surface area (Å²) in [7, 11) is 2.13. The number of hydrogen-bond donors (Lipinski definition) is 3. The summed E-state index contributed by atoms with van der Waals surface area (Å²) in [6, 6.07) is 7.78. The number of benzene rings is 1. The van der Waals surface area contributed by atoms with Crippen LogP contribution in [0.3, 0.4) is 0 Å². The van der Waals surface area contributed by atoms with Gasteiger partial charge in [-0.3, -0.25) is 9.89 Å². The van der Waals surface area contributed by atoms with E-state index in [1.165, 1.54) is 0 Å². The quantitative estimate of drug-likeness (QED) is 0.758. The highest BCUT2D eigenvalue weighted by molar-refractivity contribution is 6.01. The van der Waals surface area contributed by atoms with Gasteiger partial charge >= 0.3 is 0 Å². The van der Waals surface area contributed by atoms with Crippen LogP contribution in [-0.4, -0.2) is 59.2 Å². The van der Waals surface area contributed by atoms with Crippen LogP contribution in [0, 0.1) is 0 Å². The molecule has 1 aliphatic rings. The van der Waals surface area contributed by atoms with Gasteiger partial charge in [-0.2, -0.15) is 4.98 Å². The first-order valence-electron chi connectivity index (χ1n) is 7.14. The van der Waals surface area contributed by atoms with Crippen molar-refractivity contribution < 1.29 is 4.79 Å². The number of nitrogens with zero attached hydrogens (tertiary/aromatic N) is 4. The van der Waals surface area contributed by atoms with Crippen LogP contribution in [0.5, 0.6) is 0 Å². The van der Waals surface area contributed by atoms with E-state index in [4.69, 9.17) is 5.73 Å². The molecular formula is C14H19N7O. The Kier molecular flexibility index (Phi) is 3.92. The third kappa shape index (κ3) is 3.17. The predicted octanol–water partition coefficient (Wildman–Crippen LogP) is 0.391. The first kappa shape index (κ1) is 14.3. The number of carbonyl (C=O) groups excluding carboxylic acids is 1. The van der Waals surface area contributed by atoms with Gasteiger partial charge in [0, 0.05) is 37.6 Å². The van der Waals surface area contributed by atoms with E-state index in [1.807, 2.05) is 24.3 Å². The fraction of sp³-hybridized carbons (Fsp3) is 0.357. The zero-order valence-electron chi connectivity index (χ0n) is 12.4. The molecule has 116 valence electrons. The van der Waals surface area contributed by atoms with Crippen molar-refractivity contribution in [1.29, 1.82) is 0 Å². The van der Waals surface area contributed by atoms with Crippen molar-refractivity contribution >= 4 is 23.2 Å². The Hall–Kier alpha value is -2.61. The number of nitrogens with one attached hydrogen (secondary N) is 2. The van der Waals surface area contributed by atoms with Gasteiger partial charge in [0.15, 0.2) is 0 Å². The van der Waals surface area contributed by atoms with Gasteiger partial charge in [0.2, 0.25) is 11.8 Å². The molecule has 0 atom stereocenters. The summed E-state index contributed by atoms with van der Waals surface area (Å²) in [6.07, 6.45) is 0. The van der Waals surface area contributed by atoms with E-state index in [9.17, 15) is 4.79 Å². The van der Waals surface area contributed by atoms with Gasteiger partial charge in [-0.05, 0) is 31.3 Å². The number of amides is 1. The van der Waals surface area contributed by atoms with Crippen LogP contribution in [0.1, 0.15) is 10.6 Å². The summed E-state index contributed by atoms with van der Waals surface area (Å²) in [5.41, 5.74) is 7.25. The molecule has 2 heterocycles. The van der Waals surface area contributed by atoms with Crippen molar-refractivity contribution in [2.24, 2.45) is 0 Å². The van der Waals surface area contributed by atoms with Crippen LogP contribution in [0.15, 0.2) is 24.3 Å². The molecule has 0 radical (unpaired) electrons. The van der Waals surface area contributed by atoms with Crippen LogP contribution in [0.25, 0.3) is 0 Å². The highest BCUT2D eigenvalue weighted by Crippen LogP contribution is 2.19. The number of aromatic amines is 1. The standard InChI is InChI=1S/C14H19N7O/c1-20-6-8-21(9-7-20)11-4-2-10(3-5-11)16-13(22)12-17-14(15)19-18-12/h2-5H,6-9H2,1H3,(H,16,22)(H3,15,17,18,19). The summed E-state index contributed by atoms with van der Waals surface area (Å²) in [5.74, 6) is -0.215. The average Bonchev–Trinajstić information content (AvgIpc) is 2.96. The minimum Gasteiger partial charge on any atom is -0.369 e. The third-order valence-electron chi connectivity index (χ3n) is 3.71. The Morgan fingerprint density at radius 1 is 1.23 bits per heavy atom. The summed E-state index contributed by atoms with van der Waals surface area (Å²) in [4.78, 5) is 20.4. The molecular weight excluding hydrogens is 282 g/mol. The predicted molar refractivity (Wildman–Crippen MR) is 84.9 cm³/mol. The maximum Gasteiger partial charge on any atom is 0.293 e. The maximum absolute atomic E-state index is 11.9.